The van der Waals surface area contributed by atoms with Gasteiger partial charge in [0.1, 0.15) is 13.2 Å². The lowest BCUT2D eigenvalue weighted by molar-refractivity contribution is -0.144. The summed E-state index contributed by atoms with van der Waals surface area (Å²) >= 11 is 6.08. The van der Waals surface area contributed by atoms with Crippen molar-refractivity contribution in [1.29, 1.82) is 0 Å². The van der Waals surface area contributed by atoms with Crippen molar-refractivity contribution in [2.75, 3.05) is 19.7 Å². The van der Waals surface area contributed by atoms with Gasteiger partial charge in [0, 0.05) is 16.5 Å². The van der Waals surface area contributed by atoms with Crippen molar-refractivity contribution in [1.82, 2.24) is 10.4 Å². The second-order valence-corrected chi connectivity index (χ2v) is 12.7. The molecule has 0 saturated carbocycles. The third-order valence-corrected chi connectivity index (χ3v) is 10.3. The normalized spacial score (nSPS) is 11.2. The standard InChI is InChI=1S/C30H29N2O3PS/c33-29(21-32-36(37,26-17-9-3-10-18-26)27-19-11-4-12-20-27)31-22-30(34)35-23-28(24-13-5-1-6-14-24)25-15-7-2-8-16-25/h1-20,28H,21-23H2,(H,31,33)(H,32,37). The summed E-state index contributed by atoms with van der Waals surface area (Å²) in [6, 6.07) is 39.4. The summed E-state index contributed by atoms with van der Waals surface area (Å²) in [6.07, 6.45) is -2.41. The van der Waals surface area contributed by atoms with Crippen molar-refractivity contribution in [3.8, 4) is 0 Å². The zero-order valence-corrected chi connectivity index (χ0v) is 22.0. The zero-order valence-electron chi connectivity index (χ0n) is 20.3. The van der Waals surface area contributed by atoms with Crippen LogP contribution in [0.5, 0.6) is 0 Å². The van der Waals surface area contributed by atoms with Gasteiger partial charge in [-0.3, -0.25) is 14.7 Å². The maximum atomic E-state index is 12.6. The quantitative estimate of drug-likeness (QED) is 0.227. The number of rotatable bonds is 11. The first kappa shape index (κ1) is 26.5. The molecule has 0 unspecified atom stereocenters. The van der Waals surface area contributed by atoms with E-state index in [1.54, 1.807) is 0 Å². The third-order valence-electron chi connectivity index (χ3n) is 5.95. The van der Waals surface area contributed by atoms with Crippen LogP contribution in [0, 0.1) is 0 Å². The van der Waals surface area contributed by atoms with Gasteiger partial charge in [-0.25, -0.2) is 0 Å². The fourth-order valence-electron chi connectivity index (χ4n) is 4.01. The molecule has 0 saturated heterocycles. The summed E-state index contributed by atoms with van der Waals surface area (Å²) in [5, 5.41) is 7.90. The zero-order chi connectivity index (χ0) is 25.9. The van der Waals surface area contributed by atoms with Gasteiger partial charge in [0.15, 0.2) is 0 Å². The molecule has 0 aromatic heterocycles. The molecule has 0 aliphatic carbocycles. The topological polar surface area (TPSA) is 67.4 Å². The molecule has 4 aromatic carbocycles. The first-order valence-electron chi connectivity index (χ1n) is 12.0. The van der Waals surface area contributed by atoms with Crippen molar-refractivity contribution >= 4 is 40.5 Å². The Morgan fingerprint density at radius 2 is 1.11 bits per heavy atom. The van der Waals surface area contributed by atoms with Crippen molar-refractivity contribution in [3.05, 3.63) is 132 Å². The molecule has 0 spiro atoms. The SMILES string of the molecule is O=C(CNP(=S)(c1ccccc1)c1ccccc1)NCC(=O)OCC(c1ccccc1)c1ccccc1. The van der Waals surface area contributed by atoms with E-state index in [-0.39, 0.29) is 31.5 Å². The predicted molar refractivity (Wildman–Crippen MR) is 153 cm³/mol. The molecule has 2 N–H and O–H groups in total. The van der Waals surface area contributed by atoms with Gasteiger partial charge >= 0.3 is 5.97 Å². The lowest BCUT2D eigenvalue weighted by atomic mass is 9.92. The van der Waals surface area contributed by atoms with Crippen LogP contribution in [-0.4, -0.2) is 31.6 Å². The molecular formula is C30H29N2O3PS. The molecule has 0 atom stereocenters. The van der Waals surface area contributed by atoms with E-state index in [4.69, 9.17) is 16.5 Å². The van der Waals surface area contributed by atoms with Crippen LogP contribution in [0.25, 0.3) is 0 Å². The summed E-state index contributed by atoms with van der Waals surface area (Å²) in [7, 11) is 0. The van der Waals surface area contributed by atoms with E-state index in [1.807, 2.05) is 121 Å². The largest absolute Gasteiger partial charge is 0.463 e. The first-order chi connectivity index (χ1) is 18.1. The number of esters is 1. The molecule has 188 valence electrons. The number of hydrogen-bond donors (Lipinski definition) is 2. The lowest BCUT2D eigenvalue weighted by Crippen LogP contribution is -2.39. The highest BCUT2D eigenvalue weighted by atomic mass is 32.4. The van der Waals surface area contributed by atoms with Crippen molar-refractivity contribution < 1.29 is 14.3 Å². The molecule has 0 aliphatic rings. The number of carbonyl (C=O) groups excluding carboxylic acids is 2. The average molecular weight is 529 g/mol. The van der Waals surface area contributed by atoms with Gasteiger partial charge in [-0.2, -0.15) is 0 Å². The van der Waals surface area contributed by atoms with E-state index in [2.05, 4.69) is 10.4 Å². The van der Waals surface area contributed by atoms with Crippen LogP contribution >= 0.6 is 6.19 Å². The van der Waals surface area contributed by atoms with E-state index in [0.29, 0.717) is 0 Å². The van der Waals surface area contributed by atoms with Gasteiger partial charge in [-0.05, 0) is 11.1 Å². The molecule has 4 aromatic rings. The minimum atomic E-state index is -2.41. The Labute approximate surface area is 223 Å². The Balaban J connectivity index is 1.33. The number of carbonyl (C=O) groups is 2. The van der Waals surface area contributed by atoms with Crippen molar-refractivity contribution in [2.45, 2.75) is 5.92 Å². The van der Waals surface area contributed by atoms with Crippen LogP contribution in [0.3, 0.4) is 0 Å². The highest BCUT2D eigenvalue weighted by Crippen LogP contribution is 2.38. The minimum absolute atomic E-state index is 0.00893. The monoisotopic (exact) mass is 528 g/mol. The van der Waals surface area contributed by atoms with Crippen molar-refractivity contribution in [2.24, 2.45) is 0 Å². The molecule has 0 aliphatic heterocycles. The third kappa shape index (κ3) is 7.23. The van der Waals surface area contributed by atoms with Gasteiger partial charge < -0.3 is 10.1 Å². The summed E-state index contributed by atoms with van der Waals surface area (Å²) in [6.45, 7) is -0.0365. The molecule has 5 nitrogen and oxygen atoms in total. The molecule has 0 bridgehead atoms. The lowest BCUT2D eigenvalue weighted by Gasteiger charge is -2.24. The summed E-state index contributed by atoms with van der Waals surface area (Å²) in [5.41, 5.74) is 2.12. The Kier molecular flexibility index (Phi) is 9.39. The number of nitrogens with one attached hydrogen (secondary N) is 2. The van der Waals surface area contributed by atoms with E-state index in [1.165, 1.54) is 0 Å². The number of amides is 1. The maximum absolute atomic E-state index is 12.6. The van der Waals surface area contributed by atoms with Gasteiger partial charge in [-0.1, -0.05) is 133 Å². The van der Waals surface area contributed by atoms with Crippen molar-refractivity contribution in [3.63, 3.8) is 0 Å². The van der Waals surface area contributed by atoms with Gasteiger partial charge in [0.05, 0.1) is 12.7 Å². The maximum Gasteiger partial charge on any atom is 0.325 e. The second kappa shape index (κ2) is 13.1. The Morgan fingerprint density at radius 3 is 1.57 bits per heavy atom. The van der Waals surface area contributed by atoms with Crippen LogP contribution in [0.15, 0.2) is 121 Å². The fraction of sp³-hybridized carbons (Fsp3) is 0.133. The number of benzene rings is 4. The smallest absolute Gasteiger partial charge is 0.325 e. The molecule has 1 amide bonds. The molecule has 0 radical (unpaired) electrons. The summed E-state index contributed by atoms with van der Waals surface area (Å²) < 4.78 is 5.56. The van der Waals surface area contributed by atoms with E-state index in [0.717, 1.165) is 21.7 Å². The number of hydrogen-bond acceptors (Lipinski definition) is 4. The van der Waals surface area contributed by atoms with E-state index in [9.17, 15) is 9.59 Å². The summed E-state index contributed by atoms with van der Waals surface area (Å²) in [4.78, 5) is 25.1. The van der Waals surface area contributed by atoms with Gasteiger partial charge in [-0.15, -0.1) is 0 Å². The average Bonchev–Trinajstić information content (AvgIpc) is 2.97. The first-order valence-corrected chi connectivity index (χ1v) is 14.8. The minimum Gasteiger partial charge on any atom is -0.463 e. The highest BCUT2D eigenvalue weighted by Gasteiger charge is 2.23. The molecular weight excluding hydrogens is 499 g/mol. The fourth-order valence-corrected chi connectivity index (χ4v) is 7.14. The predicted octanol–water partition coefficient (Wildman–Crippen LogP) is 4.11. The van der Waals surface area contributed by atoms with E-state index >= 15 is 0 Å². The van der Waals surface area contributed by atoms with E-state index < -0.39 is 12.2 Å². The van der Waals surface area contributed by atoms with Crippen LogP contribution < -0.4 is 21.0 Å². The van der Waals surface area contributed by atoms with Crippen LogP contribution in [-0.2, 0) is 26.1 Å². The number of ether oxygens (including phenoxy) is 1. The van der Waals surface area contributed by atoms with Gasteiger partial charge in [0.25, 0.3) is 0 Å². The molecule has 0 heterocycles. The Morgan fingerprint density at radius 1 is 0.676 bits per heavy atom. The van der Waals surface area contributed by atoms with Crippen LogP contribution in [0.4, 0.5) is 0 Å². The molecule has 4 rings (SSSR count). The summed E-state index contributed by atoms with van der Waals surface area (Å²) in [5.74, 6) is -0.900. The second-order valence-electron chi connectivity index (χ2n) is 8.45. The Bertz CT molecular complexity index is 1250. The Hall–Kier alpha value is -3.57. The van der Waals surface area contributed by atoms with Crippen LogP contribution in [0.1, 0.15) is 17.0 Å². The molecule has 37 heavy (non-hydrogen) atoms. The van der Waals surface area contributed by atoms with Gasteiger partial charge in [0.2, 0.25) is 5.91 Å². The highest BCUT2D eigenvalue weighted by molar-refractivity contribution is 8.20. The van der Waals surface area contributed by atoms with Crippen LogP contribution in [0.2, 0.25) is 0 Å². The molecule has 0 fully saturated rings. The molecule has 7 heteroatoms.